The number of nitrogens with one attached hydrogen (secondary N) is 1. The van der Waals surface area contributed by atoms with Crippen LogP contribution in [-0.2, 0) is 0 Å². The summed E-state index contributed by atoms with van der Waals surface area (Å²) in [5.41, 5.74) is 0. The van der Waals surface area contributed by atoms with Gasteiger partial charge in [-0.15, -0.1) is 0 Å². The summed E-state index contributed by atoms with van der Waals surface area (Å²) >= 11 is 0. The molecule has 2 saturated carbocycles. The summed E-state index contributed by atoms with van der Waals surface area (Å²) in [5.74, 6) is 4.97. The van der Waals surface area contributed by atoms with Crippen molar-refractivity contribution in [3.8, 4) is 0 Å². The minimum absolute atomic E-state index is 0.790. The lowest BCUT2D eigenvalue weighted by Crippen LogP contribution is -2.39. The third kappa shape index (κ3) is 4.48. The summed E-state index contributed by atoms with van der Waals surface area (Å²) in [5, 5.41) is 3.73. The maximum Gasteiger partial charge on any atom is -0.00176 e. The van der Waals surface area contributed by atoms with Gasteiger partial charge in [-0.3, -0.25) is 0 Å². The van der Waals surface area contributed by atoms with Crippen LogP contribution in [0.5, 0.6) is 0 Å². The zero-order chi connectivity index (χ0) is 13.7. The van der Waals surface area contributed by atoms with Gasteiger partial charge in [0.2, 0.25) is 0 Å². The molecule has 0 amide bonds. The van der Waals surface area contributed by atoms with Gasteiger partial charge in [-0.25, -0.2) is 0 Å². The molecule has 0 aromatic rings. The fourth-order valence-corrected chi connectivity index (χ4v) is 4.29. The van der Waals surface area contributed by atoms with Crippen molar-refractivity contribution < 1.29 is 0 Å². The van der Waals surface area contributed by atoms with Crippen LogP contribution in [-0.4, -0.2) is 13.1 Å². The Labute approximate surface area is 120 Å². The molecule has 1 N–H and O–H groups in total. The van der Waals surface area contributed by atoms with Crippen molar-refractivity contribution in [2.75, 3.05) is 13.1 Å². The van der Waals surface area contributed by atoms with E-state index in [4.69, 9.17) is 0 Å². The van der Waals surface area contributed by atoms with E-state index in [9.17, 15) is 0 Å². The molecule has 1 nitrogen and oxygen atoms in total. The van der Waals surface area contributed by atoms with E-state index >= 15 is 0 Å². The first-order valence-electron chi connectivity index (χ1n) is 8.91. The molecule has 2 aliphatic carbocycles. The van der Waals surface area contributed by atoms with Crippen molar-refractivity contribution in [3.63, 3.8) is 0 Å². The first kappa shape index (κ1) is 15.4. The van der Waals surface area contributed by atoms with E-state index in [0.29, 0.717) is 0 Å². The van der Waals surface area contributed by atoms with E-state index in [2.05, 4.69) is 26.1 Å². The predicted octanol–water partition coefficient (Wildman–Crippen LogP) is 4.86. The Morgan fingerprint density at radius 1 is 1.11 bits per heavy atom. The van der Waals surface area contributed by atoms with Gasteiger partial charge in [-0.1, -0.05) is 59.3 Å². The van der Waals surface area contributed by atoms with Crippen LogP contribution in [0.3, 0.4) is 0 Å². The quantitative estimate of drug-likeness (QED) is 0.693. The highest BCUT2D eigenvalue weighted by atomic mass is 14.9. The van der Waals surface area contributed by atoms with Crippen molar-refractivity contribution >= 4 is 0 Å². The maximum atomic E-state index is 3.73. The van der Waals surface area contributed by atoms with Gasteiger partial charge in [-0.05, 0) is 55.5 Å². The predicted molar refractivity (Wildman–Crippen MR) is 84.3 cm³/mol. The molecule has 3 atom stereocenters. The normalized spacial score (nSPS) is 32.5. The van der Waals surface area contributed by atoms with E-state index in [1.54, 1.807) is 6.42 Å². The average molecular weight is 265 g/mol. The van der Waals surface area contributed by atoms with Crippen LogP contribution >= 0.6 is 0 Å². The minimum Gasteiger partial charge on any atom is -0.316 e. The molecule has 2 fully saturated rings. The summed E-state index contributed by atoms with van der Waals surface area (Å²) in [6, 6.07) is 0. The molecule has 0 aromatic carbocycles. The average Bonchev–Trinajstić information content (AvgIpc) is 2.29. The van der Waals surface area contributed by atoms with Crippen LogP contribution in [0.2, 0.25) is 0 Å². The van der Waals surface area contributed by atoms with E-state index in [-0.39, 0.29) is 0 Å². The van der Waals surface area contributed by atoms with E-state index in [0.717, 1.165) is 29.6 Å². The van der Waals surface area contributed by atoms with Crippen LogP contribution in [0, 0.1) is 29.6 Å². The van der Waals surface area contributed by atoms with Crippen LogP contribution in [0.25, 0.3) is 0 Å². The van der Waals surface area contributed by atoms with Crippen LogP contribution < -0.4 is 5.32 Å². The Kier molecular flexibility index (Phi) is 6.19. The van der Waals surface area contributed by atoms with Gasteiger partial charge in [0.15, 0.2) is 0 Å². The minimum atomic E-state index is 0.790. The lowest BCUT2D eigenvalue weighted by molar-refractivity contribution is 0.0706. The molecular weight excluding hydrogens is 230 g/mol. The van der Waals surface area contributed by atoms with Crippen molar-refractivity contribution in [1.82, 2.24) is 5.32 Å². The molecule has 0 saturated heterocycles. The summed E-state index contributed by atoms with van der Waals surface area (Å²) in [4.78, 5) is 0. The van der Waals surface area contributed by atoms with Crippen LogP contribution in [0.15, 0.2) is 0 Å². The van der Waals surface area contributed by atoms with Gasteiger partial charge in [0.05, 0.1) is 0 Å². The third-order valence-corrected chi connectivity index (χ3v) is 5.57. The lowest BCUT2D eigenvalue weighted by Gasteiger charge is -2.44. The number of hydrogen-bond donors (Lipinski definition) is 1. The molecule has 0 aromatic heterocycles. The lowest BCUT2D eigenvalue weighted by atomic mass is 9.62. The molecule has 3 unspecified atom stereocenters. The molecule has 112 valence electrons. The fraction of sp³-hybridized carbons (Fsp3) is 1.00. The van der Waals surface area contributed by atoms with Gasteiger partial charge in [0.1, 0.15) is 0 Å². The molecule has 0 aliphatic heterocycles. The van der Waals surface area contributed by atoms with Crippen molar-refractivity contribution in [2.45, 2.75) is 72.1 Å². The Morgan fingerprint density at radius 3 is 2.47 bits per heavy atom. The second-order valence-electron chi connectivity index (χ2n) is 7.63. The zero-order valence-corrected chi connectivity index (χ0v) is 13.5. The SMILES string of the molecule is CCCC1CCC(CNCC(C)C)C(C2CCC2)C1. The van der Waals surface area contributed by atoms with Crippen molar-refractivity contribution in [1.29, 1.82) is 0 Å². The summed E-state index contributed by atoms with van der Waals surface area (Å²) in [7, 11) is 0. The zero-order valence-electron chi connectivity index (χ0n) is 13.5. The molecule has 2 aliphatic rings. The smallest absolute Gasteiger partial charge is 0.00176 e. The van der Waals surface area contributed by atoms with E-state index in [1.807, 2.05) is 0 Å². The molecule has 2 rings (SSSR count). The second kappa shape index (κ2) is 7.67. The van der Waals surface area contributed by atoms with E-state index in [1.165, 1.54) is 58.0 Å². The van der Waals surface area contributed by atoms with Crippen molar-refractivity contribution in [3.05, 3.63) is 0 Å². The highest BCUT2D eigenvalue weighted by molar-refractivity contribution is 4.88. The Balaban J connectivity index is 1.82. The standard InChI is InChI=1S/C18H35N/c1-4-6-15-9-10-17(13-19-12-14(2)3)18(11-15)16-7-5-8-16/h14-19H,4-13H2,1-3H3. The second-order valence-corrected chi connectivity index (χ2v) is 7.63. The number of rotatable bonds is 7. The topological polar surface area (TPSA) is 12.0 Å². The Morgan fingerprint density at radius 2 is 1.89 bits per heavy atom. The summed E-state index contributed by atoms with van der Waals surface area (Å²) < 4.78 is 0. The molecule has 19 heavy (non-hydrogen) atoms. The largest absolute Gasteiger partial charge is 0.316 e. The van der Waals surface area contributed by atoms with Gasteiger partial charge in [0, 0.05) is 0 Å². The molecule has 0 heterocycles. The summed E-state index contributed by atoms with van der Waals surface area (Å²) in [6.07, 6.45) is 12.0. The monoisotopic (exact) mass is 265 g/mol. The third-order valence-electron chi connectivity index (χ3n) is 5.57. The Bertz CT molecular complexity index is 244. The van der Waals surface area contributed by atoms with Crippen LogP contribution in [0.1, 0.15) is 72.1 Å². The first-order valence-corrected chi connectivity index (χ1v) is 8.91. The Hall–Kier alpha value is -0.0400. The molecule has 0 radical (unpaired) electrons. The molecular formula is C18H35N. The van der Waals surface area contributed by atoms with Gasteiger partial charge in [-0.2, -0.15) is 0 Å². The van der Waals surface area contributed by atoms with Gasteiger partial charge >= 0.3 is 0 Å². The first-order chi connectivity index (χ1) is 9.20. The van der Waals surface area contributed by atoms with Gasteiger partial charge in [0.25, 0.3) is 0 Å². The maximum absolute atomic E-state index is 3.73. The number of hydrogen-bond acceptors (Lipinski definition) is 1. The van der Waals surface area contributed by atoms with Crippen LogP contribution in [0.4, 0.5) is 0 Å². The summed E-state index contributed by atoms with van der Waals surface area (Å²) in [6.45, 7) is 9.47. The van der Waals surface area contributed by atoms with Crippen molar-refractivity contribution in [2.24, 2.45) is 29.6 Å². The molecule has 0 bridgehead atoms. The highest BCUT2D eigenvalue weighted by Crippen LogP contribution is 2.46. The van der Waals surface area contributed by atoms with E-state index < -0.39 is 0 Å². The highest BCUT2D eigenvalue weighted by Gasteiger charge is 2.37. The molecule has 0 spiro atoms. The fourth-order valence-electron chi connectivity index (χ4n) is 4.29. The molecule has 1 heteroatoms. The van der Waals surface area contributed by atoms with Gasteiger partial charge < -0.3 is 5.32 Å².